The Balaban J connectivity index is 1.28. The third kappa shape index (κ3) is 4.32. The summed E-state index contributed by atoms with van der Waals surface area (Å²) in [6, 6.07) is 8.52. The predicted molar refractivity (Wildman–Crippen MR) is 103 cm³/mol. The van der Waals surface area contributed by atoms with E-state index in [9.17, 15) is 9.59 Å². The Morgan fingerprint density at radius 1 is 1.11 bits per heavy atom. The van der Waals surface area contributed by atoms with Crippen LogP contribution in [0.5, 0.6) is 11.5 Å². The van der Waals surface area contributed by atoms with Crippen molar-refractivity contribution in [3.63, 3.8) is 0 Å². The fourth-order valence-electron chi connectivity index (χ4n) is 2.63. The highest BCUT2D eigenvalue weighted by atomic mass is 32.1. The fourth-order valence-corrected chi connectivity index (χ4v) is 3.37. The van der Waals surface area contributed by atoms with Gasteiger partial charge in [0, 0.05) is 23.6 Å². The molecule has 3 aromatic rings. The Morgan fingerprint density at radius 3 is 2.79 bits per heavy atom. The number of thiazole rings is 1. The molecule has 9 heteroatoms. The molecule has 2 N–H and O–H groups in total. The van der Waals surface area contributed by atoms with E-state index in [0.29, 0.717) is 42.0 Å². The van der Waals surface area contributed by atoms with Crippen LogP contribution in [-0.4, -0.2) is 30.0 Å². The molecule has 0 radical (unpaired) electrons. The Kier molecular flexibility index (Phi) is 5.24. The molecule has 4 rings (SSSR count). The van der Waals surface area contributed by atoms with Gasteiger partial charge in [-0.1, -0.05) is 0 Å². The first-order valence-corrected chi connectivity index (χ1v) is 9.54. The first kappa shape index (κ1) is 18.1. The van der Waals surface area contributed by atoms with E-state index in [0.717, 1.165) is 5.69 Å². The van der Waals surface area contributed by atoms with E-state index in [-0.39, 0.29) is 24.0 Å². The molecule has 28 heavy (non-hydrogen) atoms. The molecule has 1 aromatic carbocycles. The van der Waals surface area contributed by atoms with Crippen LogP contribution in [0.1, 0.15) is 22.7 Å². The van der Waals surface area contributed by atoms with E-state index in [1.54, 1.807) is 30.3 Å². The number of amides is 2. The van der Waals surface area contributed by atoms with Crippen molar-refractivity contribution in [1.29, 1.82) is 0 Å². The summed E-state index contributed by atoms with van der Waals surface area (Å²) in [6.45, 7) is 1.02. The van der Waals surface area contributed by atoms with E-state index in [2.05, 4.69) is 15.6 Å². The minimum Gasteiger partial charge on any atom is -0.486 e. The third-order valence-corrected chi connectivity index (χ3v) is 4.76. The van der Waals surface area contributed by atoms with Crippen molar-refractivity contribution < 1.29 is 23.5 Å². The molecule has 3 heterocycles. The van der Waals surface area contributed by atoms with Crippen LogP contribution in [0.4, 0.5) is 10.8 Å². The van der Waals surface area contributed by atoms with Gasteiger partial charge in [0.25, 0.3) is 5.91 Å². The van der Waals surface area contributed by atoms with Gasteiger partial charge in [-0.2, -0.15) is 0 Å². The van der Waals surface area contributed by atoms with Gasteiger partial charge < -0.3 is 19.2 Å². The molecule has 0 spiro atoms. The van der Waals surface area contributed by atoms with Crippen LogP contribution in [0.25, 0.3) is 0 Å². The minimum absolute atomic E-state index is 0.133. The largest absolute Gasteiger partial charge is 0.486 e. The first-order chi connectivity index (χ1) is 13.7. The highest BCUT2D eigenvalue weighted by molar-refractivity contribution is 7.13. The van der Waals surface area contributed by atoms with Gasteiger partial charge in [0.1, 0.15) is 13.2 Å². The lowest BCUT2D eigenvalue weighted by Crippen LogP contribution is -2.16. The lowest BCUT2D eigenvalue weighted by Gasteiger charge is -2.19. The maximum atomic E-state index is 12.2. The molecule has 1 aliphatic heterocycles. The normalized spacial score (nSPS) is 12.4. The average Bonchev–Trinajstić information content (AvgIpc) is 3.38. The summed E-state index contributed by atoms with van der Waals surface area (Å²) in [6.07, 6.45) is 2.16. The summed E-state index contributed by atoms with van der Waals surface area (Å²) >= 11 is 1.30. The molecule has 144 valence electrons. The Hall–Kier alpha value is -3.33. The van der Waals surface area contributed by atoms with Gasteiger partial charge in [-0.3, -0.25) is 14.9 Å². The first-order valence-electron chi connectivity index (χ1n) is 8.66. The van der Waals surface area contributed by atoms with Crippen molar-refractivity contribution in [2.45, 2.75) is 12.8 Å². The standard InChI is InChI=1S/C19H17N3O5S/c23-17(20-12-3-5-14-16(10-12)27-9-8-26-14)6-4-13-11-28-19(21-13)22-18(24)15-2-1-7-25-15/h1-3,5,7,10-11H,4,6,8-9H2,(H,20,23)(H,21,22,24). The number of aromatic nitrogens is 1. The number of fused-ring (bicyclic) bond motifs is 1. The van der Waals surface area contributed by atoms with Crippen molar-refractivity contribution in [3.05, 3.63) is 53.4 Å². The number of rotatable bonds is 6. The van der Waals surface area contributed by atoms with Crippen LogP contribution in [0, 0.1) is 0 Å². The maximum Gasteiger partial charge on any atom is 0.293 e. The Morgan fingerprint density at radius 2 is 1.96 bits per heavy atom. The highest BCUT2D eigenvalue weighted by Crippen LogP contribution is 2.32. The Bertz CT molecular complexity index is 983. The SMILES string of the molecule is O=C(CCc1csc(NC(=O)c2ccco2)n1)Nc1ccc2c(c1)OCCO2. The zero-order valence-electron chi connectivity index (χ0n) is 14.8. The van der Waals surface area contributed by atoms with E-state index < -0.39 is 0 Å². The number of carbonyl (C=O) groups excluding carboxylic acids is 2. The number of hydrogen-bond donors (Lipinski definition) is 2. The summed E-state index contributed by atoms with van der Waals surface area (Å²) in [4.78, 5) is 28.5. The molecule has 2 aromatic heterocycles. The molecule has 0 bridgehead atoms. The van der Waals surface area contributed by atoms with Crippen molar-refractivity contribution in [3.8, 4) is 11.5 Å². The molecule has 2 amide bonds. The number of furan rings is 1. The van der Waals surface area contributed by atoms with Gasteiger partial charge in [0.05, 0.1) is 12.0 Å². The minimum atomic E-state index is -0.359. The summed E-state index contributed by atoms with van der Waals surface area (Å²) in [5.41, 5.74) is 1.39. The number of aryl methyl sites for hydroxylation is 1. The van der Waals surface area contributed by atoms with Gasteiger partial charge in [-0.15, -0.1) is 11.3 Å². The van der Waals surface area contributed by atoms with Crippen molar-refractivity contribution in [1.82, 2.24) is 4.98 Å². The van der Waals surface area contributed by atoms with Crippen LogP contribution >= 0.6 is 11.3 Å². The topological polar surface area (TPSA) is 103 Å². The average molecular weight is 399 g/mol. The molecular weight excluding hydrogens is 382 g/mol. The summed E-state index contributed by atoms with van der Waals surface area (Å²) in [7, 11) is 0. The van der Waals surface area contributed by atoms with E-state index >= 15 is 0 Å². The number of hydrogen-bond acceptors (Lipinski definition) is 7. The molecule has 0 saturated heterocycles. The zero-order valence-corrected chi connectivity index (χ0v) is 15.6. The second kappa shape index (κ2) is 8.13. The molecule has 0 saturated carbocycles. The van der Waals surface area contributed by atoms with E-state index in [1.807, 2.05) is 5.38 Å². The number of ether oxygens (including phenoxy) is 2. The highest BCUT2D eigenvalue weighted by Gasteiger charge is 2.14. The monoisotopic (exact) mass is 399 g/mol. The maximum absolute atomic E-state index is 12.2. The number of carbonyl (C=O) groups is 2. The summed E-state index contributed by atoms with van der Waals surface area (Å²) < 4.78 is 16.0. The zero-order chi connectivity index (χ0) is 19.3. The summed E-state index contributed by atoms with van der Waals surface area (Å²) in [5.74, 6) is 1.03. The quantitative estimate of drug-likeness (QED) is 0.659. The number of nitrogens with one attached hydrogen (secondary N) is 2. The second-order valence-electron chi connectivity index (χ2n) is 5.98. The van der Waals surface area contributed by atoms with Crippen molar-refractivity contribution >= 4 is 34.0 Å². The van der Waals surface area contributed by atoms with E-state index in [4.69, 9.17) is 13.9 Å². The molecule has 8 nitrogen and oxygen atoms in total. The van der Waals surface area contributed by atoms with Crippen LogP contribution < -0.4 is 20.1 Å². The van der Waals surface area contributed by atoms with Gasteiger partial charge in [0.15, 0.2) is 22.4 Å². The van der Waals surface area contributed by atoms with E-state index in [1.165, 1.54) is 17.6 Å². The molecule has 0 aliphatic carbocycles. The van der Waals surface area contributed by atoms with Gasteiger partial charge in [0.2, 0.25) is 5.91 Å². The van der Waals surface area contributed by atoms with Crippen LogP contribution in [0.15, 0.2) is 46.4 Å². The number of benzene rings is 1. The number of nitrogens with zero attached hydrogens (tertiary/aromatic N) is 1. The van der Waals surface area contributed by atoms with Crippen LogP contribution in [-0.2, 0) is 11.2 Å². The van der Waals surface area contributed by atoms with Gasteiger partial charge in [-0.05, 0) is 30.7 Å². The fraction of sp³-hybridized carbons (Fsp3) is 0.211. The molecule has 0 fully saturated rings. The smallest absolute Gasteiger partial charge is 0.293 e. The molecule has 0 unspecified atom stereocenters. The second-order valence-corrected chi connectivity index (χ2v) is 6.84. The van der Waals surface area contributed by atoms with Crippen LogP contribution in [0.2, 0.25) is 0 Å². The summed E-state index contributed by atoms with van der Waals surface area (Å²) in [5, 5.41) is 7.78. The molecule has 0 atom stereocenters. The van der Waals surface area contributed by atoms with Gasteiger partial charge >= 0.3 is 0 Å². The lowest BCUT2D eigenvalue weighted by molar-refractivity contribution is -0.116. The van der Waals surface area contributed by atoms with Gasteiger partial charge in [-0.25, -0.2) is 4.98 Å². The Labute approximate surface area is 164 Å². The molecular formula is C19H17N3O5S. The predicted octanol–water partition coefficient (Wildman–Crippen LogP) is 3.33. The van der Waals surface area contributed by atoms with Crippen LogP contribution in [0.3, 0.4) is 0 Å². The van der Waals surface area contributed by atoms with Crippen molar-refractivity contribution in [2.75, 3.05) is 23.8 Å². The molecule has 1 aliphatic rings. The third-order valence-electron chi connectivity index (χ3n) is 3.95. The number of anilines is 2. The van der Waals surface area contributed by atoms with Crippen molar-refractivity contribution in [2.24, 2.45) is 0 Å². The lowest BCUT2D eigenvalue weighted by atomic mass is 10.2.